The van der Waals surface area contributed by atoms with E-state index in [1.807, 2.05) is 30.3 Å². The lowest BCUT2D eigenvalue weighted by molar-refractivity contribution is -0.123. The molecule has 0 saturated carbocycles. The quantitative estimate of drug-likeness (QED) is 0.556. The van der Waals surface area contributed by atoms with Crippen molar-refractivity contribution in [2.24, 2.45) is 10.1 Å². The minimum absolute atomic E-state index is 0.0775. The van der Waals surface area contributed by atoms with Gasteiger partial charge in [0.05, 0.1) is 12.6 Å². The number of amides is 2. The second-order valence-corrected chi connectivity index (χ2v) is 5.96. The molecule has 1 unspecified atom stereocenters. The summed E-state index contributed by atoms with van der Waals surface area (Å²) in [4.78, 5) is 28.2. The Morgan fingerprint density at radius 2 is 2.04 bits per heavy atom. The lowest BCUT2D eigenvalue weighted by Gasteiger charge is -2.07. The molecule has 2 amide bonds. The van der Waals surface area contributed by atoms with Gasteiger partial charge < -0.3 is 5.32 Å². The smallest absolute Gasteiger partial charge is 0.252 e. The average Bonchev–Trinajstić information content (AvgIpc) is 2.95. The Hall–Kier alpha value is -3.19. The van der Waals surface area contributed by atoms with Crippen molar-refractivity contribution in [3.63, 3.8) is 0 Å². The van der Waals surface area contributed by atoms with Gasteiger partial charge >= 0.3 is 0 Å². The number of halogens is 1. The molecule has 0 radical (unpaired) electrons. The minimum Gasteiger partial charge on any atom is -0.326 e. The maximum atomic E-state index is 12.1. The van der Waals surface area contributed by atoms with Crippen LogP contribution >= 0.6 is 11.6 Å². The van der Waals surface area contributed by atoms with Gasteiger partial charge in [-0.2, -0.15) is 5.10 Å². The van der Waals surface area contributed by atoms with E-state index in [4.69, 9.17) is 11.6 Å². The number of benzene rings is 2. The minimum atomic E-state index is -0.802. The third-order valence-corrected chi connectivity index (χ3v) is 3.74. The van der Waals surface area contributed by atoms with E-state index in [0.29, 0.717) is 10.7 Å². The fraction of sp³-hybridized carbons (Fsp3) is 0.111. The van der Waals surface area contributed by atoms with Crippen LogP contribution in [0.5, 0.6) is 0 Å². The summed E-state index contributed by atoms with van der Waals surface area (Å²) in [5.41, 5.74) is 4.13. The van der Waals surface area contributed by atoms with Gasteiger partial charge in [-0.3, -0.25) is 14.9 Å². The predicted octanol–water partition coefficient (Wildman–Crippen LogP) is 2.15. The largest absolute Gasteiger partial charge is 0.326 e. The van der Waals surface area contributed by atoms with E-state index in [9.17, 15) is 9.59 Å². The highest BCUT2D eigenvalue weighted by molar-refractivity contribution is 6.30. The van der Waals surface area contributed by atoms with Gasteiger partial charge in [0, 0.05) is 10.7 Å². The summed E-state index contributed by atoms with van der Waals surface area (Å²) in [6.07, 6.45) is 1.53. The second-order valence-electron chi connectivity index (χ2n) is 5.53. The molecule has 0 spiro atoms. The van der Waals surface area contributed by atoms with Crippen LogP contribution in [-0.4, -0.2) is 30.0 Å². The molecule has 26 heavy (non-hydrogen) atoms. The van der Waals surface area contributed by atoms with Crippen LogP contribution in [-0.2, 0) is 9.59 Å². The van der Waals surface area contributed by atoms with Crippen molar-refractivity contribution in [1.82, 2.24) is 10.7 Å². The standard InChI is InChI=1S/C18H16ClN5O2/c19-13-7-4-8-14(9-13)21-16(25)10-15-17(26)23-18(22-15)24-20-11-12-5-2-1-3-6-12/h1-9,11,15H,10H2,(H,21,25)(H2,22,23,24,26). The van der Waals surface area contributed by atoms with Crippen LogP contribution in [0.3, 0.4) is 0 Å². The van der Waals surface area contributed by atoms with E-state index in [1.54, 1.807) is 30.5 Å². The summed E-state index contributed by atoms with van der Waals surface area (Å²) in [6.45, 7) is 0. The molecule has 8 heteroatoms. The number of nitrogens with zero attached hydrogens (tertiary/aromatic N) is 2. The number of carbonyl (C=O) groups excluding carboxylic acids is 2. The van der Waals surface area contributed by atoms with Crippen molar-refractivity contribution in [3.05, 3.63) is 65.2 Å². The fourth-order valence-electron chi connectivity index (χ4n) is 2.30. The summed E-state index contributed by atoms with van der Waals surface area (Å²) in [5.74, 6) is -0.475. The maximum Gasteiger partial charge on any atom is 0.252 e. The van der Waals surface area contributed by atoms with Gasteiger partial charge in [0.2, 0.25) is 11.9 Å². The molecule has 0 fully saturated rings. The Morgan fingerprint density at radius 3 is 2.81 bits per heavy atom. The molecule has 7 nitrogen and oxygen atoms in total. The Kier molecular flexibility index (Phi) is 5.60. The monoisotopic (exact) mass is 369 g/mol. The molecule has 3 N–H and O–H groups in total. The first kappa shape index (κ1) is 17.6. The van der Waals surface area contributed by atoms with Crippen molar-refractivity contribution < 1.29 is 9.59 Å². The zero-order chi connectivity index (χ0) is 18.4. The van der Waals surface area contributed by atoms with Crippen molar-refractivity contribution in [2.75, 3.05) is 5.32 Å². The van der Waals surface area contributed by atoms with Crippen molar-refractivity contribution >= 4 is 41.3 Å². The zero-order valence-corrected chi connectivity index (χ0v) is 14.4. The first-order valence-electron chi connectivity index (χ1n) is 7.88. The van der Waals surface area contributed by atoms with Gasteiger partial charge in [-0.1, -0.05) is 48.0 Å². The molecular formula is C18H16ClN5O2. The van der Waals surface area contributed by atoms with Crippen LogP contribution in [0.1, 0.15) is 12.0 Å². The van der Waals surface area contributed by atoms with Gasteiger partial charge in [0.15, 0.2) is 0 Å². The van der Waals surface area contributed by atoms with Crippen LogP contribution in [0.2, 0.25) is 5.02 Å². The Balaban J connectivity index is 1.54. The molecular weight excluding hydrogens is 354 g/mol. The van der Waals surface area contributed by atoms with Gasteiger partial charge in [0.25, 0.3) is 5.91 Å². The zero-order valence-electron chi connectivity index (χ0n) is 13.6. The van der Waals surface area contributed by atoms with Crippen LogP contribution in [0.15, 0.2) is 64.7 Å². The van der Waals surface area contributed by atoms with Crippen LogP contribution in [0, 0.1) is 0 Å². The summed E-state index contributed by atoms with van der Waals surface area (Å²) in [6, 6.07) is 15.5. The molecule has 0 bridgehead atoms. The third kappa shape index (κ3) is 4.90. The maximum absolute atomic E-state index is 12.1. The molecule has 1 aliphatic heterocycles. The number of hydrogen-bond donors (Lipinski definition) is 3. The predicted molar refractivity (Wildman–Crippen MR) is 101 cm³/mol. The number of nitrogens with one attached hydrogen (secondary N) is 3. The van der Waals surface area contributed by atoms with E-state index in [1.165, 1.54) is 0 Å². The summed E-state index contributed by atoms with van der Waals surface area (Å²) in [7, 11) is 0. The van der Waals surface area contributed by atoms with Gasteiger partial charge in [-0.25, -0.2) is 10.4 Å². The molecule has 2 aromatic carbocycles. The van der Waals surface area contributed by atoms with Crippen molar-refractivity contribution in [2.45, 2.75) is 12.5 Å². The number of hydrogen-bond acceptors (Lipinski definition) is 5. The Bertz CT molecular complexity index is 867. The van der Waals surface area contributed by atoms with E-state index in [2.05, 4.69) is 26.2 Å². The third-order valence-electron chi connectivity index (χ3n) is 3.50. The molecule has 0 aliphatic carbocycles. The first-order chi connectivity index (χ1) is 12.6. The molecule has 132 valence electrons. The van der Waals surface area contributed by atoms with Crippen LogP contribution < -0.4 is 16.1 Å². The van der Waals surface area contributed by atoms with E-state index in [-0.39, 0.29) is 24.2 Å². The molecule has 1 heterocycles. The highest BCUT2D eigenvalue weighted by Crippen LogP contribution is 2.15. The van der Waals surface area contributed by atoms with E-state index in [0.717, 1.165) is 5.56 Å². The first-order valence-corrected chi connectivity index (χ1v) is 8.26. The topological polar surface area (TPSA) is 94.9 Å². The Labute approximate surface area is 155 Å². The fourth-order valence-corrected chi connectivity index (χ4v) is 2.49. The van der Waals surface area contributed by atoms with Crippen LogP contribution in [0.4, 0.5) is 5.69 Å². The summed E-state index contributed by atoms with van der Waals surface area (Å²) < 4.78 is 0. The molecule has 0 aromatic heterocycles. The van der Waals surface area contributed by atoms with E-state index < -0.39 is 6.04 Å². The number of hydrazone groups is 1. The van der Waals surface area contributed by atoms with Crippen molar-refractivity contribution in [1.29, 1.82) is 0 Å². The molecule has 0 saturated heterocycles. The van der Waals surface area contributed by atoms with Gasteiger partial charge in [0.1, 0.15) is 6.04 Å². The SMILES string of the molecule is O=C(CC1N=C(NN=Cc2ccccc2)NC1=O)Nc1cccc(Cl)c1. The number of carbonyl (C=O) groups is 2. The van der Waals surface area contributed by atoms with E-state index >= 15 is 0 Å². The lowest BCUT2D eigenvalue weighted by atomic mass is 10.2. The molecule has 2 aromatic rings. The van der Waals surface area contributed by atoms with Gasteiger partial charge in [-0.15, -0.1) is 0 Å². The highest BCUT2D eigenvalue weighted by atomic mass is 35.5. The Morgan fingerprint density at radius 1 is 1.23 bits per heavy atom. The second kappa shape index (κ2) is 8.26. The normalized spacial score (nSPS) is 16.3. The number of aliphatic imine (C=N–C) groups is 1. The molecule has 1 atom stereocenters. The lowest BCUT2D eigenvalue weighted by Crippen LogP contribution is -2.35. The number of rotatable bonds is 5. The van der Waals surface area contributed by atoms with Crippen molar-refractivity contribution in [3.8, 4) is 0 Å². The number of anilines is 1. The summed E-state index contributed by atoms with van der Waals surface area (Å²) in [5, 5.41) is 9.77. The molecule has 1 aliphatic rings. The molecule has 3 rings (SSSR count). The van der Waals surface area contributed by atoms with Crippen LogP contribution in [0.25, 0.3) is 0 Å². The summed E-state index contributed by atoms with van der Waals surface area (Å²) >= 11 is 5.87. The number of guanidine groups is 1. The van der Waals surface area contributed by atoms with Gasteiger partial charge in [-0.05, 0) is 23.8 Å². The average molecular weight is 370 g/mol. The highest BCUT2D eigenvalue weighted by Gasteiger charge is 2.28.